The SMILES string of the molecule is CCOC(=O)CNC(=O)N(CCC(C)C)CC(=O)N1CCc2ccccc2C1C. The molecule has 0 aliphatic carbocycles. The summed E-state index contributed by atoms with van der Waals surface area (Å²) in [5, 5.41) is 2.57. The quantitative estimate of drug-likeness (QED) is 0.677. The van der Waals surface area contributed by atoms with Crippen molar-refractivity contribution in [3.63, 3.8) is 0 Å². The lowest BCUT2D eigenvalue weighted by Gasteiger charge is -2.36. The number of hydrogen-bond acceptors (Lipinski definition) is 4. The van der Waals surface area contributed by atoms with Gasteiger partial charge in [-0.1, -0.05) is 38.1 Å². The van der Waals surface area contributed by atoms with Gasteiger partial charge in [-0.15, -0.1) is 0 Å². The molecule has 1 aromatic rings. The van der Waals surface area contributed by atoms with Gasteiger partial charge in [-0.25, -0.2) is 4.79 Å². The van der Waals surface area contributed by atoms with E-state index in [1.807, 2.05) is 24.0 Å². The van der Waals surface area contributed by atoms with E-state index in [2.05, 4.69) is 31.3 Å². The van der Waals surface area contributed by atoms with Crippen molar-refractivity contribution >= 4 is 17.9 Å². The second-order valence-electron chi connectivity index (χ2n) is 7.78. The minimum absolute atomic E-state index is 0.00607. The highest BCUT2D eigenvalue weighted by molar-refractivity contribution is 5.86. The monoisotopic (exact) mass is 403 g/mol. The van der Waals surface area contributed by atoms with E-state index in [1.54, 1.807) is 6.92 Å². The van der Waals surface area contributed by atoms with Crippen LogP contribution in [-0.2, 0) is 20.7 Å². The average Bonchev–Trinajstić information content (AvgIpc) is 2.69. The fraction of sp³-hybridized carbons (Fsp3) is 0.591. The Balaban J connectivity index is 2.02. The molecule has 1 aromatic carbocycles. The summed E-state index contributed by atoms with van der Waals surface area (Å²) in [5.74, 6) is -0.175. The molecule has 0 bridgehead atoms. The summed E-state index contributed by atoms with van der Waals surface area (Å²) in [7, 11) is 0. The molecule has 0 aromatic heterocycles. The van der Waals surface area contributed by atoms with Gasteiger partial charge in [0.2, 0.25) is 5.91 Å². The summed E-state index contributed by atoms with van der Waals surface area (Å²) < 4.78 is 4.85. The number of amides is 3. The molecule has 160 valence electrons. The molecule has 1 heterocycles. The van der Waals surface area contributed by atoms with Crippen LogP contribution in [0.3, 0.4) is 0 Å². The molecule has 0 fully saturated rings. The molecule has 1 atom stereocenters. The van der Waals surface area contributed by atoms with Crippen LogP contribution in [0.25, 0.3) is 0 Å². The summed E-state index contributed by atoms with van der Waals surface area (Å²) in [6.07, 6.45) is 1.59. The molecule has 7 heteroatoms. The minimum Gasteiger partial charge on any atom is -0.465 e. The van der Waals surface area contributed by atoms with E-state index in [4.69, 9.17) is 4.74 Å². The maximum absolute atomic E-state index is 13.0. The second kappa shape index (κ2) is 10.8. The fourth-order valence-corrected chi connectivity index (χ4v) is 3.50. The van der Waals surface area contributed by atoms with E-state index in [0.717, 1.165) is 18.4 Å². The molecule has 1 unspecified atom stereocenters. The molecule has 0 saturated carbocycles. The molecule has 1 aliphatic heterocycles. The van der Waals surface area contributed by atoms with Gasteiger partial charge in [-0.05, 0) is 43.7 Å². The van der Waals surface area contributed by atoms with Gasteiger partial charge in [-0.2, -0.15) is 0 Å². The number of esters is 1. The number of nitrogens with one attached hydrogen (secondary N) is 1. The first-order chi connectivity index (χ1) is 13.8. The lowest BCUT2D eigenvalue weighted by molar-refractivity contribution is -0.141. The Morgan fingerprint density at radius 2 is 2.00 bits per heavy atom. The number of rotatable bonds is 8. The Morgan fingerprint density at radius 1 is 1.28 bits per heavy atom. The molecular weight excluding hydrogens is 370 g/mol. The largest absolute Gasteiger partial charge is 0.465 e. The lowest BCUT2D eigenvalue weighted by Crippen LogP contribution is -2.49. The van der Waals surface area contributed by atoms with Gasteiger partial charge < -0.3 is 19.9 Å². The zero-order valence-corrected chi connectivity index (χ0v) is 17.9. The van der Waals surface area contributed by atoms with E-state index >= 15 is 0 Å². The molecule has 1 N–H and O–H groups in total. The zero-order valence-electron chi connectivity index (χ0n) is 17.9. The molecule has 7 nitrogen and oxygen atoms in total. The minimum atomic E-state index is -0.489. The topological polar surface area (TPSA) is 79.0 Å². The van der Waals surface area contributed by atoms with Crippen molar-refractivity contribution in [3.8, 4) is 0 Å². The van der Waals surface area contributed by atoms with E-state index in [0.29, 0.717) is 19.0 Å². The van der Waals surface area contributed by atoms with Gasteiger partial charge in [0, 0.05) is 13.1 Å². The van der Waals surface area contributed by atoms with Gasteiger partial charge in [0.1, 0.15) is 13.1 Å². The Labute approximate surface area is 173 Å². The van der Waals surface area contributed by atoms with Crippen LogP contribution in [0.5, 0.6) is 0 Å². The lowest BCUT2D eigenvalue weighted by atomic mass is 9.93. The molecule has 29 heavy (non-hydrogen) atoms. The number of benzene rings is 1. The third kappa shape index (κ3) is 6.48. The highest BCUT2D eigenvalue weighted by atomic mass is 16.5. The fourth-order valence-electron chi connectivity index (χ4n) is 3.50. The van der Waals surface area contributed by atoms with E-state index < -0.39 is 12.0 Å². The van der Waals surface area contributed by atoms with Crippen LogP contribution in [0.1, 0.15) is 51.3 Å². The second-order valence-corrected chi connectivity index (χ2v) is 7.78. The maximum Gasteiger partial charge on any atom is 0.325 e. The third-order valence-corrected chi connectivity index (χ3v) is 5.19. The van der Waals surface area contributed by atoms with Crippen molar-refractivity contribution in [1.82, 2.24) is 15.1 Å². The van der Waals surface area contributed by atoms with E-state index in [9.17, 15) is 14.4 Å². The first-order valence-electron chi connectivity index (χ1n) is 10.4. The van der Waals surface area contributed by atoms with Crippen molar-refractivity contribution in [1.29, 1.82) is 0 Å². The summed E-state index contributed by atoms with van der Waals surface area (Å²) >= 11 is 0. The van der Waals surface area contributed by atoms with Crippen LogP contribution in [0, 0.1) is 5.92 Å². The summed E-state index contributed by atoms with van der Waals surface area (Å²) in [6.45, 7) is 9.02. The van der Waals surface area contributed by atoms with E-state index in [1.165, 1.54) is 10.5 Å². The number of ether oxygens (including phenoxy) is 1. The van der Waals surface area contributed by atoms with Crippen molar-refractivity contribution in [3.05, 3.63) is 35.4 Å². The van der Waals surface area contributed by atoms with Gasteiger partial charge in [0.25, 0.3) is 0 Å². The Kier molecular flexibility index (Phi) is 8.49. The first-order valence-corrected chi connectivity index (χ1v) is 10.4. The molecular formula is C22H33N3O4. The zero-order chi connectivity index (χ0) is 21.4. The van der Waals surface area contributed by atoms with Gasteiger partial charge in [0.15, 0.2) is 0 Å². The van der Waals surface area contributed by atoms with Crippen molar-refractivity contribution in [2.24, 2.45) is 5.92 Å². The average molecular weight is 404 g/mol. The van der Waals surface area contributed by atoms with Crippen molar-refractivity contribution in [2.45, 2.75) is 46.6 Å². The van der Waals surface area contributed by atoms with Gasteiger partial charge >= 0.3 is 12.0 Å². The highest BCUT2D eigenvalue weighted by Crippen LogP contribution is 2.29. The number of carbonyl (C=O) groups excluding carboxylic acids is 3. The van der Waals surface area contributed by atoms with Crippen molar-refractivity contribution in [2.75, 3.05) is 32.8 Å². The predicted octanol–water partition coefficient (Wildman–Crippen LogP) is 2.75. The Bertz CT molecular complexity index is 720. The molecule has 0 spiro atoms. The number of fused-ring (bicyclic) bond motifs is 1. The van der Waals surface area contributed by atoms with Crippen LogP contribution < -0.4 is 5.32 Å². The smallest absolute Gasteiger partial charge is 0.325 e. The van der Waals surface area contributed by atoms with Gasteiger partial charge in [0.05, 0.1) is 12.6 Å². The van der Waals surface area contributed by atoms with Crippen LogP contribution in [0.2, 0.25) is 0 Å². The highest BCUT2D eigenvalue weighted by Gasteiger charge is 2.29. The molecule has 0 saturated heterocycles. The van der Waals surface area contributed by atoms with E-state index in [-0.39, 0.29) is 31.6 Å². The summed E-state index contributed by atoms with van der Waals surface area (Å²) in [5.41, 5.74) is 2.43. The number of urea groups is 1. The Hall–Kier alpha value is -2.57. The first kappa shape index (κ1) is 22.7. The normalized spacial score (nSPS) is 15.6. The Morgan fingerprint density at radius 3 is 2.69 bits per heavy atom. The van der Waals surface area contributed by atoms with Gasteiger partial charge in [-0.3, -0.25) is 9.59 Å². The van der Waals surface area contributed by atoms with Crippen LogP contribution in [-0.4, -0.2) is 60.5 Å². The summed E-state index contributed by atoms with van der Waals surface area (Å²) in [4.78, 5) is 40.5. The molecule has 0 radical (unpaired) electrons. The molecule has 2 rings (SSSR count). The maximum atomic E-state index is 13.0. The summed E-state index contributed by atoms with van der Waals surface area (Å²) in [6, 6.07) is 7.72. The standard InChI is InChI=1S/C22H33N3O4/c1-5-29-21(27)14-23-22(28)24(12-10-16(2)3)15-20(26)25-13-11-18-8-6-7-9-19(18)17(25)4/h6-9,16-17H,5,10-15H2,1-4H3,(H,23,28). The molecule has 3 amide bonds. The number of hydrogen-bond donors (Lipinski definition) is 1. The van der Waals surface area contributed by atoms with Crippen LogP contribution in [0.4, 0.5) is 4.79 Å². The third-order valence-electron chi connectivity index (χ3n) is 5.19. The van der Waals surface area contributed by atoms with Crippen LogP contribution in [0.15, 0.2) is 24.3 Å². The van der Waals surface area contributed by atoms with Crippen molar-refractivity contribution < 1.29 is 19.1 Å². The van der Waals surface area contributed by atoms with Crippen LogP contribution >= 0.6 is 0 Å². The number of nitrogens with zero attached hydrogens (tertiary/aromatic N) is 2. The number of carbonyl (C=O) groups is 3. The molecule has 1 aliphatic rings. The predicted molar refractivity (Wildman–Crippen MR) is 111 cm³/mol.